The Balaban J connectivity index is 1.48. The monoisotopic (exact) mass is 375 g/mol. The van der Waals surface area contributed by atoms with Crippen molar-refractivity contribution in [2.24, 2.45) is 5.92 Å². The smallest absolute Gasteiger partial charge is 0.409 e. The summed E-state index contributed by atoms with van der Waals surface area (Å²) < 4.78 is 5.03. The summed E-state index contributed by atoms with van der Waals surface area (Å²) in [6.07, 6.45) is 6.67. The minimum atomic E-state index is -0.245. The number of anilines is 1. The van der Waals surface area contributed by atoms with Crippen LogP contribution in [0.2, 0.25) is 0 Å². The van der Waals surface area contributed by atoms with Gasteiger partial charge in [-0.1, -0.05) is 6.92 Å². The second-order valence-corrected chi connectivity index (χ2v) is 7.37. The van der Waals surface area contributed by atoms with Crippen LogP contribution in [-0.2, 0) is 4.74 Å². The highest BCUT2D eigenvalue weighted by Gasteiger charge is 2.25. The number of ether oxygens (including phenoxy) is 1. The summed E-state index contributed by atoms with van der Waals surface area (Å²) in [5.41, 5.74) is 0.396. The van der Waals surface area contributed by atoms with E-state index in [0.29, 0.717) is 37.1 Å². The van der Waals surface area contributed by atoms with Crippen LogP contribution in [0.3, 0.4) is 0 Å². The molecule has 8 heteroatoms. The van der Waals surface area contributed by atoms with E-state index in [1.807, 2.05) is 11.8 Å². The van der Waals surface area contributed by atoms with E-state index in [9.17, 15) is 9.59 Å². The summed E-state index contributed by atoms with van der Waals surface area (Å²) in [6.45, 7) is 7.34. The highest BCUT2D eigenvalue weighted by molar-refractivity contribution is 5.92. The van der Waals surface area contributed by atoms with Gasteiger partial charge in [0.2, 0.25) is 0 Å². The van der Waals surface area contributed by atoms with Crippen molar-refractivity contribution < 1.29 is 14.3 Å². The molecule has 2 saturated heterocycles. The predicted molar refractivity (Wildman–Crippen MR) is 102 cm³/mol. The Bertz CT molecular complexity index is 635. The van der Waals surface area contributed by atoms with Crippen LogP contribution in [-0.4, -0.2) is 70.6 Å². The van der Waals surface area contributed by atoms with Gasteiger partial charge in [0, 0.05) is 32.2 Å². The standard InChI is InChI=1S/C19H29N5O3/c1-3-27-19(26)24-10-6-15(7-11-24)22-17-13-20-16(12-21-17)18(25)23-8-4-14(2)5-9-23/h12-15H,3-11H2,1-2H3,(H,21,22). The molecule has 0 spiro atoms. The van der Waals surface area contributed by atoms with Crippen molar-refractivity contribution in [2.45, 2.75) is 45.6 Å². The van der Waals surface area contributed by atoms with Gasteiger partial charge in [-0.25, -0.2) is 14.8 Å². The minimum absolute atomic E-state index is 0.0382. The lowest BCUT2D eigenvalue weighted by atomic mass is 9.99. The zero-order chi connectivity index (χ0) is 19.2. The predicted octanol–water partition coefficient (Wildman–Crippen LogP) is 2.38. The number of likely N-dealkylation sites (tertiary alicyclic amines) is 2. The number of carbonyl (C=O) groups excluding carboxylic acids is 2. The van der Waals surface area contributed by atoms with Crippen molar-refractivity contribution in [3.05, 3.63) is 18.1 Å². The maximum atomic E-state index is 12.5. The second kappa shape index (κ2) is 9.01. The van der Waals surface area contributed by atoms with Crippen molar-refractivity contribution >= 4 is 17.8 Å². The topological polar surface area (TPSA) is 87.7 Å². The number of rotatable bonds is 4. The second-order valence-electron chi connectivity index (χ2n) is 7.37. The molecule has 148 valence electrons. The molecule has 3 rings (SSSR count). The molecule has 0 saturated carbocycles. The summed E-state index contributed by atoms with van der Waals surface area (Å²) in [5, 5.41) is 3.35. The lowest BCUT2D eigenvalue weighted by Crippen LogP contribution is -2.42. The molecule has 2 aliphatic heterocycles. The van der Waals surface area contributed by atoms with Gasteiger partial charge in [0.25, 0.3) is 5.91 Å². The first-order valence-corrected chi connectivity index (χ1v) is 9.86. The van der Waals surface area contributed by atoms with Gasteiger partial charge in [-0.05, 0) is 38.5 Å². The van der Waals surface area contributed by atoms with Crippen LogP contribution < -0.4 is 5.32 Å². The van der Waals surface area contributed by atoms with Gasteiger partial charge in [-0.15, -0.1) is 0 Å². The highest BCUT2D eigenvalue weighted by atomic mass is 16.6. The van der Waals surface area contributed by atoms with E-state index in [2.05, 4.69) is 22.2 Å². The molecule has 0 bridgehead atoms. The molecule has 1 N–H and O–H groups in total. The van der Waals surface area contributed by atoms with Crippen LogP contribution in [0.15, 0.2) is 12.4 Å². The zero-order valence-corrected chi connectivity index (χ0v) is 16.2. The molecule has 2 fully saturated rings. The Hall–Kier alpha value is -2.38. The average molecular weight is 375 g/mol. The van der Waals surface area contributed by atoms with Crippen molar-refractivity contribution in [2.75, 3.05) is 38.1 Å². The van der Waals surface area contributed by atoms with Crippen molar-refractivity contribution in [1.29, 1.82) is 0 Å². The van der Waals surface area contributed by atoms with Crippen molar-refractivity contribution in [1.82, 2.24) is 19.8 Å². The molecule has 2 aliphatic rings. The summed E-state index contributed by atoms with van der Waals surface area (Å²) in [4.78, 5) is 36.5. The molecule has 2 amide bonds. The number of nitrogens with one attached hydrogen (secondary N) is 1. The van der Waals surface area contributed by atoms with E-state index < -0.39 is 0 Å². The van der Waals surface area contributed by atoms with Gasteiger partial charge in [0.1, 0.15) is 11.5 Å². The van der Waals surface area contributed by atoms with Crippen LogP contribution in [0.25, 0.3) is 0 Å². The summed E-state index contributed by atoms with van der Waals surface area (Å²) in [7, 11) is 0. The number of nitrogens with zero attached hydrogens (tertiary/aromatic N) is 4. The van der Waals surface area contributed by atoms with E-state index in [4.69, 9.17) is 4.74 Å². The van der Waals surface area contributed by atoms with Gasteiger partial charge in [-0.2, -0.15) is 0 Å². The molecular formula is C19H29N5O3. The lowest BCUT2D eigenvalue weighted by molar-refractivity contribution is 0.0690. The fourth-order valence-corrected chi connectivity index (χ4v) is 3.52. The van der Waals surface area contributed by atoms with Crippen molar-refractivity contribution in [3.8, 4) is 0 Å². The number of hydrogen-bond donors (Lipinski definition) is 1. The first-order chi connectivity index (χ1) is 13.1. The SMILES string of the molecule is CCOC(=O)N1CCC(Nc2cnc(C(=O)N3CCC(C)CC3)cn2)CC1. The molecule has 0 unspecified atom stereocenters. The van der Waals surface area contributed by atoms with Crippen LogP contribution in [0.5, 0.6) is 0 Å². The van der Waals surface area contributed by atoms with E-state index in [1.165, 1.54) is 0 Å². The Morgan fingerprint density at radius 3 is 2.33 bits per heavy atom. The van der Waals surface area contributed by atoms with Crippen LogP contribution in [0.4, 0.5) is 10.6 Å². The lowest BCUT2D eigenvalue weighted by Gasteiger charge is -2.31. The molecule has 0 atom stereocenters. The maximum absolute atomic E-state index is 12.5. The molecule has 1 aromatic rings. The first kappa shape index (κ1) is 19.4. The summed E-state index contributed by atoms with van der Waals surface area (Å²) in [5.74, 6) is 1.30. The average Bonchev–Trinajstić information content (AvgIpc) is 2.69. The Labute approximate surface area is 160 Å². The van der Waals surface area contributed by atoms with E-state index in [-0.39, 0.29) is 18.0 Å². The van der Waals surface area contributed by atoms with E-state index >= 15 is 0 Å². The molecule has 3 heterocycles. The normalized spacial score (nSPS) is 19.0. The third-order valence-electron chi connectivity index (χ3n) is 5.31. The largest absolute Gasteiger partial charge is 0.450 e. The number of piperidine rings is 2. The van der Waals surface area contributed by atoms with E-state index in [0.717, 1.165) is 38.8 Å². The van der Waals surface area contributed by atoms with Gasteiger partial charge in [-0.3, -0.25) is 4.79 Å². The first-order valence-electron chi connectivity index (χ1n) is 9.86. The fourth-order valence-electron chi connectivity index (χ4n) is 3.52. The Kier molecular flexibility index (Phi) is 6.47. The molecule has 1 aromatic heterocycles. The quantitative estimate of drug-likeness (QED) is 0.869. The van der Waals surface area contributed by atoms with Crippen LogP contribution in [0, 0.1) is 5.92 Å². The molecule has 27 heavy (non-hydrogen) atoms. The summed E-state index contributed by atoms with van der Waals surface area (Å²) in [6, 6.07) is 0.232. The van der Waals surface area contributed by atoms with Crippen LogP contribution in [0.1, 0.15) is 50.0 Å². The molecule has 0 radical (unpaired) electrons. The highest BCUT2D eigenvalue weighted by Crippen LogP contribution is 2.18. The number of carbonyl (C=O) groups is 2. The van der Waals surface area contributed by atoms with Gasteiger partial charge >= 0.3 is 6.09 Å². The number of amides is 2. The Morgan fingerprint density at radius 1 is 1.07 bits per heavy atom. The molecule has 8 nitrogen and oxygen atoms in total. The number of hydrogen-bond acceptors (Lipinski definition) is 6. The van der Waals surface area contributed by atoms with Gasteiger partial charge < -0.3 is 19.9 Å². The minimum Gasteiger partial charge on any atom is -0.450 e. The van der Waals surface area contributed by atoms with E-state index in [1.54, 1.807) is 17.3 Å². The third kappa shape index (κ3) is 5.08. The summed E-state index contributed by atoms with van der Waals surface area (Å²) >= 11 is 0. The van der Waals surface area contributed by atoms with Gasteiger partial charge in [0.15, 0.2) is 0 Å². The molecular weight excluding hydrogens is 346 g/mol. The Morgan fingerprint density at radius 2 is 1.74 bits per heavy atom. The van der Waals surface area contributed by atoms with Crippen molar-refractivity contribution in [3.63, 3.8) is 0 Å². The number of aromatic nitrogens is 2. The zero-order valence-electron chi connectivity index (χ0n) is 16.2. The maximum Gasteiger partial charge on any atom is 0.409 e. The third-order valence-corrected chi connectivity index (χ3v) is 5.31. The van der Waals surface area contributed by atoms with Gasteiger partial charge in [0.05, 0.1) is 19.0 Å². The fraction of sp³-hybridized carbons (Fsp3) is 0.684. The van der Waals surface area contributed by atoms with Crippen LogP contribution >= 0.6 is 0 Å². The molecule has 0 aliphatic carbocycles. The molecule has 0 aromatic carbocycles.